The number of benzene rings is 2. The molecule has 6 nitrogen and oxygen atoms in total. The molecule has 4 rings (SSSR count). The molecule has 0 aliphatic carbocycles. The quantitative estimate of drug-likeness (QED) is 0.354. The first-order valence-corrected chi connectivity index (χ1v) is 10.9. The summed E-state index contributed by atoms with van der Waals surface area (Å²) in [5.41, 5.74) is 2.90. The number of aromatic hydroxyl groups is 2. The van der Waals surface area contributed by atoms with Crippen molar-refractivity contribution in [3.63, 3.8) is 0 Å². The Morgan fingerprint density at radius 1 is 1.10 bits per heavy atom. The van der Waals surface area contributed by atoms with E-state index in [-0.39, 0.29) is 17.2 Å². The van der Waals surface area contributed by atoms with Crippen LogP contribution in [0, 0.1) is 0 Å². The maximum absolute atomic E-state index is 12.3. The van der Waals surface area contributed by atoms with Gasteiger partial charge in [-0.1, -0.05) is 19.1 Å². The van der Waals surface area contributed by atoms with E-state index in [9.17, 15) is 15.0 Å². The van der Waals surface area contributed by atoms with Crippen LogP contribution in [0.2, 0.25) is 0 Å². The molecule has 7 heteroatoms. The van der Waals surface area contributed by atoms with Crippen molar-refractivity contribution in [2.75, 3.05) is 6.61 Å². The second-order valence-electron chi connectivity index (χ2n) is 7.11. The summed E-state index contributed by atoms with van der Waals surface area (Å²) < 4.78 is 5.48. The number of H-pyrrole nitrogens is 1. The van der Waals surface area contributed by atoms with Crippen molar-refractivity contribution in [3.05, 3.63) is 74.7 Å². The van der Waals surface area contributed by atoms with E-state index in [2.05, 4.69) is 9.98 Å². The number of nitrogens with zero attached hydrogens (tertiary/aromatic N) is 1. The van der Waals surface area contributed by atoms with E-state index >= 15 is 0 Å². The van der Waals surface area contributed by atoms with Crippen molar-refractivity contribution in [1.82, 2.24) is 4.98 Å². The monoisotopic (exact) mass is 434 g/mol. The van der Waals surface area contributed by atoms with E-state index in [0.29, 0.717) is 35.2 Å². The van der Waals surface area contributed by atoms with Crippen LogP contribution < -0.4 is 10.3 Å². The Kier molecular flexibility index (Phi) is 6.04. The van der Waals surface area contributed by atoms with Gasteiger partial charge in [0.05, 0.1) is 18.7 Å². The number of aromatic amines is 1. The summed E-state index contributed by atoms with van der Waals surface area (Å²) in [7, 11) is 0. The first-order valence-electron chi connectivity index (χ1n) is 9.93. The lowest BCUT2D eigenvalue weighted by molar-refractivity contribution is 0.299. The van der Waals surface area contributed by atoms with Crippen molar-refractivity contribution in [3.8, 4) is 28.5 Å². The molecule has 0 atom stereocenters. The van der Waals surface area contributed by atoms with Crippen LogP contribution in [0.3, 0.4) is 0 Å². The van der Waals surface area contributed by atoms with Crippen LogP contribution in [-0.4, -0.2) is 28.0 Å². The molecule has 0 aliphatic heterocycles. The maximum atomic E-state index is 12.3. The van der Waals surface area contributed by atoms with Crippen molar-refractivity contribution in [1.29, 1.82) is 0 Å². The van der Waals surface area contributed by atoms with Gasteiger partial charge in [-0.3, -0.25) is 14.8 Å². The van der Waals surface area contributed by atoms with Gasteiger partial charge in [-0.2, -0.15) is 11.3 Å². The van der Waals surface area contributed by atoms with Crippen LogP contribution in [-0.2, 0) is 6.54 Å². The first kappa shape index (κ1) is 20.7. The van der Waals surface area contributed by atoms with Crippen molar-refractivity contribution < 1.29 is 14.9 Å². The third-order valence-corrected chi connectivity index (χ3v) is 5.56. The van der Waals surface area contributed by atoms with Crippen molar-refractivity contribution in [2.45, 2.75) is 19.9 Å². The molecule has 0 radical (unpaired) electrons. The molecule has 2 aromatic carbocycles. The second-order valence-corrected chi connectivity index (χ2v) is 7.89. The summed E-state index contributed by atoms with van der Waals surface area (Å²) in [5.74, 6) is 0.286. The molecular formula is C24H22N2O4S. The summed E-state index contributed by atoms with van der Waals surface area (Å²) in [6.07, 6.45) is 2.40. The Morgan fingerprint density at radius 3 is 2.71 bits per heavy atom. The normalized spacial score (nSPS) is 11.4. The fraction of sp³-hybridized carbons (Fsp3) is 0.167. The predicted octanol–water partition coefficient (Wildman–Crippen LogP) is 5.08. The molecule has 0 unspecified atom stereocenters. The summed E-state index contributed by atoms with van der Waals surface area (Å²) in [6.45, 7) is 2.84. The van der Waals surface area contributed by atoms with Crippen LogP contribution >= 0.6 is 11.3 Å². The van der Waals surface area contributed by atoms with E-state index in [1.807, 2.05) is 41.9 Å². The van der Waals surface area contributed by atoms with Gasteiger partial charge in [0.25, 0.3) is 5.56 Å². The minimum atomic E-state index is -0.353. The van der Waals surface area contributed by atoms with Gasteiger partial charge < -0.3 is 14.9 Å². The number of hydrogen-bond donors (Lipinski definition) is 3. The Morgan fingerprint density at radius 2 is 1.97 bits per heavy atom. The Hall–Kier alpha value is -3.58. The number of thiophene rings is 1. The number of phenols is 1. The average molecular weight is 435 g/mol. The van der Waals surface area contributed by atoms with Crippen LogP contribution in [0.1, 0.15) is 24.5 Å². The van der Waals surface area contributed by atoms with Gasteiger partial charge in [-0.05, 0) is 64.2 Å². The number of nitrogens with one attached hydrogen (secondary N) is 1. The van der Waals surface area contributed by atoms with Gasteiger partial charge in [0.1, 0.15) is 0 Å². The predicted molar refractivity (Wildman–Crippen MR) is 125 cm³/mol. The minimum Gasteiger partial charge on any atom is -0.504 e. The highest BCUT2D eigenvalue weighted by atomic mass is 32.1. The minimum absolute atomic E-state index is 0.0684. The molecule has 0 bridgehead atoms. The van der Waals surface area contributed by atoms with Crippen LogP contribution in [0.5, 0.6) is 17.4 Å². The van der Waals surface area contributed by atoms with Crippen LogP contribution in [0.15, 0.2) is 63.0 Å². The van der Waals surface area contributed by atoms with Gasteiger partial charge >= 0.3 is 0 Å². The number of aromatic nitrogens is 1. The molecule has 2 heterocycles. The van der Waals surface area contributed by atoms with E-state index in [0.717, 1.165) is 23.1 Å². The van der Waals surface area contributed by atoms with Gasteiger partial charge in [0, 0.05) is 17.0 Å². The molecule has 158 valence electrons. The molecular weight excluding hydrogens is 412 g/mol. The number of phenolic OH excluding ortho intramolecular Hbond substituents is 1. The lowest BCUT2D eigenvalue weighted by atomic mass is 10.0. The molecule has 0 fully saturated rings. The molecule has 0 spiro atoms. The number of aliphatic imine (C=N–C) groups is 1. The van der Waals surface area contributed by atoms with Crippen LogP contribution in [0.4, 0.5) is 0 Å². The summed E-state index contributed by atoms with van der Waals surface area (Å²) in [5, 5.41) is 25.6. The fourth-order valence-electron chi connectivity index (χ4n) is 3.31. The van der Waals surface area contributed by atoms with E-state index in [1.54, 1.807) is 35.8 Å². The first-order chi connectivity index (χ1) is 15.1. The standard InChI is InChI=1S/C24H22N2O4S/c1-2-8-30-22-6-3-15(10-21(22)27)12-25-13-20-19-11-16(17-7-9-31-14-17)4-5-18(19)23(28)26-24(20)29/h3-7,9-11,13-14,27H,2,8,12H2,1H3,(H2,26,28,29). The lowest BCUT2D eigenvalue weighted by Crippen LogP contribution is -2.08. The Labute approximate surface area is 183 Å². The zero-order chi connectivity index (χ0) is 21.8. The number of hydrogen-bond acceptors (Lipinski definition) is 6. The Balaban J connectivity index is 1.64. The molecule has 4 aromatic rings. The molecule has 31 heavy (non-hydrogen) atoms. The fourth-order valence-corrected chi connectivity index (χ4v) is 3.98. The van der Waals surface area contributed by atoms with Gasteiger partial charge in [-0.25, -0.2) is 0 Å². The zero-order valence-electron chi connectivity index (χ0n) is 17.0. The van der Waals surface area contributed by atoms with Gasteiger partial charge in [-0.15, -0.1) is 0 Å². The van der Waals surface area contributed by atoms with Crippen molar-refractivity contribution in [2.24, 2.45) is 4.99 Å². The second kappa shape index (κ2) is 9.06. The number of pyridine rings is 1. The topological polar surface area (TPSA) is 94.9 Å². The average Bonchev–Trinajstić information content (AvgIpc) is 3.30. The molecule has 0 aliphatic rings. The zero-order valence-corrected chi connectivity index (χ0v) is 17.8. The summed E-state index contributed by atoms with van der Waals surface area (Å²) >= 11 is 1.60. The number of rotatable bonds is 7. The third kappa shape index (κ3) is 4.46. The highest BCUT2D eigenvalue weighted by Gasteiger charge is 2.11. The Bertz CT molecular complexity index is 1290. The lowest BCUT2D eigenvalue weighted by Gasteiger charge is -2.08. The summed E-state index contributed by atoms with van der Waals surface area (Å²) in [4.78, 5) is 19.2. The highest BCUT2D eigenvalue weighted by molar-refractivity contribution is 7.08. The SMILES string of the molecule is CCCOc1ccc(CN=Cc2c(O)[nH]c(=O)c3ccc(-c4ccsc4)cc23)cc1O. The smallest absolute Gasteiger partial charge is 0.258 e. The highest BCUT2D eigenvalue weighted by Crippen LogP contribution is 2.29. The van der Waals surface area contributed by atoms with Gasteiger partial charge in [0.15, 0.2) is 11.5 Å². The van der Waals surface area contributed by atoms with Gasteiger partial charge in [0.2, 0.25) is 5.88 Å². The molecule has 2 aromatic heterocycles. The van der Waals surface area contributed by atoms with Crippen LogP contribution in [0.25, 0.3) is 21.9 Å². The molecule has 0 amide bonds. The molecule has 3 N–H and O–H groups in total. The van der Waals surface area contributed by atoms with E-state index < -0.39 is 0 Å². The van der Waals surface area contributed by atoms with Crippen molar-refractivity contribution >= 4 is 28.3 Å². The maximum Gasteiger partial charge on any atom is 0.258 e. The number of ether oxygens (including phenoxy) is 1. The largest absolute Gasteiger partial charge is 0.504 e. The summed E-state index contributed by atoms with van der Waals surface area (Å²) in [6, 6.07) is 12.7. The number of fused-ring (bicyclic) bond motifs is 1. The molecule has 0 saturated carbocycles. The van der Waals surface area contributed by atoms with E-state index in [1.165, 1.54) is 0 Å². The molecule has 0 saturated heterocycles. The van der Waals surface area contributed by atoms with E-state index in [4.69, 9.17) is 4.74 Å². The third-order valence-electron chi connectivity index (χ3n) is 4.88.